The van der Waals surface area contributed by atoms with Crippen LogP contribution in [0, 0.1) is 0 Å². The number of hydrogen-bond donors (Lipinski definition) is 0. The summed E-state index contributed by atoms with van der Waals surface area (Å²) >= 11 is 7.13. The zero-order chi connectivity index (χ0) is 12.5. The van der Waals surface area contributed by atoms with Crippen molar-refractivity contribution in [3.05, 3.63) is 26.6 Å². The number of fused-ring (bicyclic) bond motifs is 1. The number of rotatable bonds is 1. The van der Waals surface area contributed by atoms with Crippen molar-refractivity contribution in [3.8, 4) is 5.75 Å². The number of ether oxygens (including phenoxy) is 1. The first kappa shape index (κ1) is 12.9. The Bertz CT molecular complexity index is 444. The average Bonchev–Trinajstić information content (AvgIpc) is 2.39. The second kappa shape index (κ2) is 5.51. The van der Waals surface area contributed by atoms with Gasteiger partial charge in [0.05, 0.1) is 4.47 Å². The summed E-state index contributed by atoms with van der Waals surface area (Å²) in [7, 11) is 0. The van der Waals surface area contributed by atoms with Crippen LogP contribution in [0.15, 0.2) is 21.1 Å². The van der Waals surface area contributed by atoms with Crippen LogP contribution in [0.3, 0.4) is 0 Å². The Hall–Kier alpha value is -0.0600. The van der Waals surface area contributed by atoms with Crippen molar-refractivity contribution in [2.45, 2.75) is 44.7 Å². The molecule has 4 heteroatoms. The molecule has 0 amide bonds. The van der Waals surface area contributed by atoms with Crippen molar-refractivity contribution in [3.63, 3.8) is 0 Å². The van der Waals surface area contributed by atoms with Gasteiger partial charge < -0.3 is 4.74 Å². The molecular weight excluding hydrogens is 358 g/mol. The fourth-order valence-electron chi connectivity index (χ4n) is 2.99. The van der Waals surface area contributed by atoms with Crippen molar-refractivity contribution in [1.82, 2.24) is 4.90 Å². The summed E-state index contributed by atoms with van der Waals surface area (Å²) in [5.41, 5.74) is 1.29. The van der Waals surface area contributed by atoms with Crippen LogP contribution in [0.2, 0.25) is 0 Å². The Kier molecular flexibility index (Phi) is 3.97. The largest absolute Gasteiger partial charge is 0.477 e. The molecule has 98 valence electrons. The normalized spacial score (nSPS) is 21.4. The number of hydrogen-bond acceptors (Lipinski definition) is 2. The molecule has 1 aromatic rings. The van der Waals surface area contributed by atoms with Gasteiger partial charge >= 0.3 is 0 Å². The van der Waals surface area contributed by atoms with E-state index in [1.807, 2.05) is 0 Å². The summed E-state index contributed by atoms with van der Waals surface area (Å²) in [5, 5.41) is 0. The number of halogens is 2. The van der Waals surface area contributed by atoms with Crippen LogP contribution in [-0.4, -0.2) is 17.7 Å². The third-order valence-electron chi connectivity index (χ3n) is 3.92. The maximum Gasteiger partial charge on any atom is 0.142 e. The van der Waals surface area contributed by atoms with Crippen LogP contribution in [0.5, 0.6) is 5.75 Å². The van der Waals surface area contributed by atoms with Crippen molar-refractivity contribution >= 4 is 31.9 Å². The van der Waals surface area contributed by atoms with Crippen LogP contribution >= 0.6 is 31.9 Å². The van der Waals surface area contributed by atoms with Crippen molar-refractivity contribution in [1.29, 1.82) is 0 Å². The zero-order valence-electron chi connectivity index (χ0n) is 10.3. The molecule has 3 rings (SSSR count). The van der Waals surface area contributed by atoms with Crippen LogP contribution in [-0.2, 0) is 6.54 Å². The zero-order valence-corrected chi connectivity index (χ0v) is 13.5. The number of nitrogens with zero attached hydrogens (tertiary/aromatic N) is 1. The maximum absolute atomic E-state index is 5.93. The van der Waals surface area contributed by atoms with Crippen molar-refractivity contribution in [2.75, 3.05) is 6.73 Å². The molecule has 2 aliphatic rings. The Balaban J connectivity index is 1.79. The van der Waals surface area contributed by atoms with Gasteiger partial charge in [-0.05, 0) is 40.9 Å². The molecule has 0 atom stereocenters. The Labute approximate surface area is 125 Å². The van der Waals surface area contributed by atoms with Gasteiger partial charge in [-0.2, -0.15) is 0 Å². The highest BCUT2D eigenvalue weighted by Gasteiger charge is 2.26. The third kappa shape index (κ3) is 2.61. The van der Waals surface area contributed by atoms with E-state index in [2.05, 4.69) is 48.9 Å². The molecule has 0 aromatic heterocycles. The van der Waals surface area contributed by atoms with Crippen LogP contribution in [0.25, 0.3) is 0 Å². The second-order valence-electron chi connectivity index (χ2n) is 5.19. The summed E-state index contributed by atoms with van der Waals surface area (Å²) in [6.45, 7) is 1.75. The van der Waals surface area contributed by atoms with Gasteiger partial charge in [0.25, 0.3) is 0 Å². The van der Waals surface area contributed by atoms with Gasteiger partial charge in [-0.15, -0.1) is 0 Å². The molecule has 1 fully saturated rings. The molecular formula is C14H17Br2NO. The van der Waals surface area contributed by atoms with E-state index in [4.69, 9.17) is 4.74 Å². The Morgan fingerprint density at radius 2 is 1.89 bits per heavy atom. The SMILES string of the molecule is Brc1cc(Br)c2c(c1)CN(C1CCCCC1)CO2. The number of benzene rings is 1. The maximum atomic E-state index is 5.93. The van der Waals surface area contributed by atoms with Gasteiger partial charge in [-0.3, -0.25) is 4.90 Å². The summed E-state index contributed by atoms with van der Waals surface area (Å²) < 4.78 is 8.10. The molecule has 0 saturated heterocycles. The van der Waals surface area contributed by atoms with E-state index >= 15 is 0 Å². The third-order valence-corrected chi connectivity index (χ3v) is 4.97. The molecule has 1 aliphatic carbocycles. The molecule has 1 heterocycles. The molecule has 1 aliphatic heterocycles. The summed E-state index contributed by atoms with van der Waals surface area (Å²) in [6, 6.07) is 4.94. The average molecular weight is 375 g/mol. The Morgan fingerprint density at radius 1 is 1.11 bits per heavy atom. The second-order valence-corrected chi connectivity index (χ2v) is 6.96. The van der Waals surface area contributed by atoms with E-state index < -0.39 is 0 Å². The Morgan fingerprint density at radius 3 is 2.67 bits per heavy atom. The van der Waals surface area contributed by atoms with Gasteiger partial charge in [0.15, 0.2) is 0 Å². The summed E-state index contributed by atoms with van der Waals surface area (Å²) in [5.74, 6) is 1.02. The lowest BCUT2D eigenvalue weighted by Gasteiger charge is -2.37. The minimum Gasteiger partial charge on any atom is -0.477 e. The van der Waals surface area contributed by atoms with Crippen molar-refractivity contribution < 1.29 is 4.74 Å². The lowest BCUT2D eigenvalue weighted by molar-refractivity contribution is 0.0397. The minimum atomic E-state index is 0.713. The van der Waals surface area contributed by atoms with E-state index in [9.17, 15) is 0 Å². The van der Waals surface area contributed by atoms with E-state index in [0.717, 1.165) is 28.0 Å². The van der Waals surface area contributed by atoms with Crippen LogP contribution in [0.1, 0.15) is 37.7 Å². The minimum absolute atomic E-state index is 0.713. The highest BCUT2D eigenvalue weighted by molar-refractivity contribution is 9.11. The predicted octanol–water partition coefficient (Wildman–Crippen LogP) is 4.70. The quantitative estimate of drug-likeness (QED) is 0.706. The first-order valence-electron chi connectivity index (χ1n) is 6.59. The smallest absolute Gasteiger partial charge is 0.142 e. The molecule has 18 heavy (non-hydrogen) atoms. The van der Waals surface area contributed by atoms with Gasteiger partial charge in [-0.1, -0.05) is 35.2 Å². The molecule has 0 bridgehead atoms. The lowest BCUT2D eigenvalue weighted by Crippen LogP contribution is -2.41. The molecule has 0 unspecified atom stereocenters. The van der Waals surface area contributed by atoms with E-state index in [-0.39, 0.29) is 0 Å². The van der Waals surface area contributed by atoms with Gasteiger partial charge in [0.1, 0.15) is 12.5 Å². The first-order chi connectivity index (χ1) is 8.74. The molecule has 0 radical (unpaired) electrons. The highest BCUT2D eigenvalue weighted by atomic mass is 79.9. The van der Waals surface area contributed by atoms with Gasteiger partial charge in [0, 0.05) is 22.6 Å². The summed E-state index contributed by atoms with van der Waals surface area (Å²) in [4.78, 5) is 2.49. The van der Waals surface area contributed by atoms with E-state index in [0.29, 0.717) is 6.04 Å². The lowest BCUT2D eigenvalue weighted by atomic mass is 9.94. The summed E-state index contributed by atoms with van der Waals surface area (Å²) in [6.07, 6.45) is 6.80. The van der Waals surface area contributed by atoms with Crippen LogP contribution in [0.4, 0.5) is 0 Å². The van der Waals surface area contributed by atoms with Gasteiger partial charge in [0.2, 0.25) is 0 Å². The highest BCUT2D eigenvalue weighted by Crippen LogP contribution is 2.37. The van der Waals surface area contributed by atoms with E-state index in [1.165, 1.54) is 37.7 Å². The van der Waals surface area contributed by atoms with Gasteiger partial charge in [-0.25, -0.2) is 0 Å². The topological polar surface area (TPSA) is 12.5 Å². The fourth-order valence-corrected chi connectivity index (χ4v) is 4.41. The van der Waals surface area contributed by atoms with Crippen LogP contribution < -0.4 is 4.74 Å². The molecule has 0 spiro atoms. The molecule has 1 aromatic carbocycles. The fraction of sp³-hybridized carbons (Fsp3) is 0.571. The first-order valence-corrected chi connectivity index (χ1v) is 8.17. The molecule has 2 nitrogen and oxygen atoms in total. The predicted molar refractivity (Wildman–Crippen MR) is 79.8 cm³/mol. The molecule has 0 N–H and O–H groups in total. The van der Waals surface area contributed by atoms with E-state index in [1.54, 1.807) is 0 Å². The standard InChI is InChI=1S/C14H17Br2NO/c15-11-6-10-8-17(12-4-2-1-3-5-12)9-18-14(10)13(16)7-11/h6-7,12H,1-5,8-9H2. The van der Waals surface area contributed by atoms with Crippen molar-refractivity contribution in [2.24, 2.45) is 0 Å². The monoisotopic (exact) mass is 373 g/mol. The molecule has 1 saturated carbocycles.